The van der Waals surface area contributed by atoms with Crippen molar-refractivity contribution in [2.45, 2.75) is 6.92 Å². The number of hydrogen-bond donors (Lipinski definition) is 0. The van der Waals surface area contributed by atoms with Crippen molar-refractivity contribution in [1.82, 2.24) is 9.97 Å². The van der Waals surface area contributed by atoms with Crippen LogP contribution in [-0.4, -0.2) is 9.97 Å². The molecule has 0 aliphatic carbocycles. The van der Waals surface area contributed by atoms with E-state index in [0.717, 1.165) is 17.1 Å². The number of nitrogens with zero attached hydrogens (tertiary/aromatic N) is 2. The predicted molar refractivity (Wildman–Crippen MR) is 51.0 cm³/mol. The lowest BCUT2D eigenvalue weighted by Crippen LogP contribution is -1.89. The molecule has 2 heteroatoms. The van der Waals surface area contributed by atoms with E-state index in [2.05, 4.69) is 16.0 Å². The summed E-state index contributed by atoms with van der Waals surface area (Å²) in [7, 11) is 0. The summed E-state index contributed by atoms with van der Waals surface area (Å²) in [6.45, 7) is 1.96. The van der Waals surface area contributed by atoms with Gasteiger partial charge in [-0.05, 0) is 19.1 Å². The molecule has 1 heterocycles. The second-order valence-electron chi connectivity index (χ2n) is 2.81. The third-order valence-corrected chi connectivity index (χ3v) is 1.77. The van der Waals surface area contributed by atoms with E-state index in [-0.39, 0.29) is 0 Å². The van der Waals surface area contributed by atoms with Gasteiger partial charge in [-0.25, -0.2) is 9.97 Å². The minimum atomic E-state index is 0.772. The Labute approximate surface area is 77.3 Å². The zero-order valence-electron chi connectivity index (χ0n) is 7.36. The van der Waals surface area contributed by atoms with Crippen LogP contribution in [0.5, 0.6) is 0 Å². The smallest absolute Gasteiger partial charge is 0.159 e. The fourth-order valence-electron chi connectivity index (χ4n) is 1.12. The zero-order chi connectivity index (χ0) is 9.10. The van der Waals surface area contributed by atoms with Crippen LogP contribution >= 0.6 is 0 Å². The second kappa shape index (κ2) is 3.35. The van der Waals surface area contributed by atoms with Gasteiger partial charge in [0.05, 0.1) is 0 Å². The van der Waals surface area contributed by atoms with Crippen LogP contribution in [0.25, 0.3) is 11.4 Å². The second-order valence-corrected chi connectivity index (χ2v) is 2.81. The molecule has 0 saturated carbocycles. The van der Waals surface area contributed by atoms with Crippen molar-refractivity contribution in [3.63, 3.8) is 0 Å². The third-order valence-electron chi connectivity index (χ3n) is 1.77. The van der Waals surface area contributed by atoms with E-state index >= 15 is 0 Å². The molecule has 0 fully saturated rings. The van der Waals surface area contributed by atoms with Gasteiger partial charge in [0.2, 0.25) is 0 Å². The molecule has 2 nitrogen and oxygen atoms in total. The average molecular weight is 169 g/mol. The zero-order valence-corrected chi connectivity index (χ0v) is 7.36. The van der Waals surface area contributed by atoms with Gasteiger partial charge in [-0.1, -0.05) is 24.3 Å². The highest BCUT2D eigenvalue weighted by Gasteiger charge is 1.98. The molecule has 1 radical (unpaired) electrons. The van der Waals surface area contributed by atoms with Crippen molar-refractivity contribution < 1.29 is 0 Å². The Balaban J connectivity index is 2.48. The molecule has 0 aliphatic heterocycles. The third kappa shape index (κ3) is 1.72. The van der Waals surface area contributed by atoms with Crippen molar-refractivity contribution in [2.24, 2.45) is 0 Å². The standard InChI is InChI=1S/C11H9N2/c1-9-7-8-12-11(13-9)10-5-3-2-4-6-10/h3-8H,1H3. The van der Waals surface area contributed by atoms with Crippen molar-refractivity contribution in [2.75, 3.05) is 0 Å². The number of benzene rings is 1. The summed E-state index contributed by atoms with van der Waals surface area (Å²) in [4.78, 5) is 8.50. The predicted octanol–water partition coefficient (Wildman–Crippen LogP) is 2.25. The van der Waals surface area contributed by atoms with E-state index in [1.54, 1.807) is 6.20 Å². The normalized spacial score (nSPS) is 9.92. The van der Waals surface area contributed by atoms with Crippen molar-refractivity contribution >= 4 is 0 Å². The van der Waals surface area contributed by atoms with E-state index in [1.165, 1.54) is 0 Å². The van der Waals surface area contributed by atoms with Crippen LogP contribution in [-0.2, 0) is 0 Å². The van der Waals surface area contributed by atoms with Crippen LogP contribution in [0.15, 0.2) is 36.5 Å². The first-order chi connectivity index (χ1) is 6.36. The van der Waals surface area contributed by atoms with Gasteiger partial charge >= 0.3 is 0 Å². The summed E-state index contributed by atoms with van der Waals surface area (Å²) in [5.74, 6) is 0.772. The van der Waals surface area contributed by atoms with Crippen molar-refractivity contribution in [3.05, 3.63) is 48.3 Å². The quantitative estimate of drug-likeness (QED) is 0.654. The van der Waals surface area contributed by atoms with E-state index < -0.39 is 0 Å². The molecule has 63 valence electrons. The highest BCUT2D eigenvalue weighted by Crippen LogP contribution is 2.12. The Morgan fingerprint density at radius 2 is 1.92 bits per heavy atom. The summed E-state index contributed by atoms with van der Waals surface area (Å²) in [6, 6.07) is 12.5. The van der Waals surface area contributed by atoms with E-state index in [0.29, 0.717) is 0 Å². The van der Waals surface area contributed by atoms with Gasteiger partial charge in [0.25, 0.3) is 0 Å². The van der Waals surface area contributed by atoms with Gasteiger partial charge in [-0.3, -0.25) is 0 Å². The van der Waals surface area contributed by atoms with Crippen LogP contribution in [0.1, 0.15) is 5.69 Å². The maximum atomic E-state index is 4.32. The molecule has 2 rings (SSSR count). The maximum Gasteiger partial charge on any atom is 0.159 e. The highest BCUT2D eigenvalue weighted by atomic mass is 14.9. The Bertz CT molecular complexity index is 396. The molecule has 0 unspecified atom stereocenters. The van der Waals surface area contributed by atoms with Crippen LogP contribution in [0.3, 0.4) is 0 Å². The molecular formula is C11H9N2. The van der Waals surface area contributed by atoms with Crippen LogP contribution in [0, 0.1) is 13.0 Å². The van der Waals surface area contributed by atoms with Crippen LogP contribution in [0.2, 0.25) is 0 Å². The summed E-state index contributed by atoms with van der Waals surface area (Å²) >= 11 is 0. The molecule has 0 spiro atoms. The molecule has 0 bridgehead atoms. The van der Waals surface area contributed by atoms with Crippen LogP contribution in [0.4, 0.5) is 0 Å². The average Bonchev–Trinajstić information content (AvgIpc) is 2.19. The largest absolute Gasteiger partial charge is 0.237 e. The number of hydrogen-bond acceptors (Lipinski definition) is 2. The van der Waals surface area contributed by atoms with Gasteiger partial charge in [-0.2, -0.15) is 0 Å². The molecule has 0 atom stereocenters. The van der Waals surface area contributed by atoms with Gasteiger partial charge in [0.1, 0.15) is 0 Å². The van der Waals surface area contributed by atoms with Crippen molar-refractivity contribution in [1.29, 1.82) is 0 Å². The number of aryl methyl sites for hydroxylation is 1. The Morgan fingerprint density at radius 3 is 2.62 bits per heavy atom. The summed E-state index contributed by atoms with van der Waals surface area (Å²) < 4.78 is 0. The van der Waals surface area contributed by atoms with E-state index in [4.69, 9.17) is 0 Å². The van der Waals surface area contributed by atoms with Crippen LogP contribution < -0.4 is 0 Å². The summed E-state index contributed by atoms with van der Waals surface area (Å²) in [5, 5.41) is 0. The first-order valence-electron chi connectivity index (χ1n) is 4.12. The SMILES string of the molecule is Cc1ccnc(-c2cc[c]cc2)n1. The lowest BCUT2D eigenvalue weighted by molar-refractivity contribution is 1.11. The fraction of sp³-hybridized carbons (Fsp3) is 0.0909. The lowest BCUT2D eigenvalue weighted by Gasteiger charge is -1.98. The Hall–Kier alpha value is -1.70. The van der Waals surface area contributed by atoms with Gasteiger partial charge in [0, 0.05) is 17.5 Å². The molecule has 0 saturated heterocycles. The van der Waals surface area contributed by atoms with Crippen molar-refractivity contribution in [3.8, 4) is 11.4 Å². The van der Waals surface area contributed by atoms with E-state index in [1.807, 2.05) is 37.3 Å². The topological polar surface area (TPSA) is 25.8 Å². The lowest BCUT2D eigenvalue weighted by atomic mass is 10.2. The first-order valence-corrected chi connectivity index (χ1v) is 4.12. The monoisotopic (exact) mass is 169 g/mol. The van der Waals surface area contributed by atoms with E-state index in [9.17, 15) is 0 Å². The van der Waals surface area contributed by atoms with Gasteiger partial charge in [-0.15, -0.1) is 0 Å². The maximum absolute atomic E-state index is 4.32. The highest BCUT2D eigenvalue weighted by molar-refractivity contribution is 5.53. The molecule has 0 amide bonds. The first kappa shape index (κ1) is 7.92. The minimum absolute atomic E-state index is 0.772. The minimum Gasteiger partial charge on any atom is -0.237 e. The number of aromatic nitrogens is 2. The Kier molecular flexibility index (Phi) is 2.04. The summed E-state index contributed by atoms with van der Waals surface area (Å²) in [5.41, 5.74) is 2.01. The molecule has 2 aromatic rings. The molecular weight excluding hydrogens is 160 g/mol. The Morgan fingerprint density at radius 1 is 1.15 bits per heavy atom. The fourth-order valence-corrected chi connectivity index (χ4v) is 1.12. The molecule has 1 aromatic heterocycles. The molecule has 1 aromatic carbocycles. The number of rotatable bonds is 1. The molecule has 13 heavy (non-hydrogen) atoms. The van der Waals surface area contributed by atoms with Gasteiger partial charge in [0.15, 0.2) is 5.82 Å². The molecule has 0 aliphatic rings. The molecule has 0 N–H and O–H groups in total. The summed E-state index contributed by atoms with van der Waals surface area (Å²) in [6.07, 6.45) is 1.77. The van der Waals surface area contributed by atoms with Gasteiger partial charge < -0.3 is 0 Å².